The van der Waals surface area contributed by atoms with Gasteiger partial charge in [-0.05, 0) is 69.8 Å². The number of likely N-dealkylation sites (tertiary alicyclic amines) is 1. The van der Waals surface area contributed by atoms with Crippen molar-refractivity contribution < 1.29 is 4.42 Å². The molecule has 4 heterocycles. The third kappa shape index (κ3) is 2.87. The van der Waals surface area contributed by atoms with E-state index in [-0.39, 0.29) is 0 Å². The van der Waals surface area contributed by atoms with Crippen molar-refractivity contribution in [2.45, 2.75) is 51.5 Å². The molecule has 0 unspecified atom stereocenters. The Labute approximate surface area is 170 Å². The molecule has 29 heavy (non-hydrogen) atoms. The van der Waals surface area contributed by atoms with E-state index in [2.05, 4.69) is 41.2 Å². The fourth-order valence-electron chi connectivity index (χ4n) is 5.17. The minimum Gasteiger partial charge on any atom is -0.461 e. The number of aromatic nitrogens is 3. The van der Waals surface area contributed by atoms with Crippen LogP contribution in [-0.4, -0.2) is 38.6 Å². The highest BCUT2D eigenvalue weighted by molar-refractivity contribution is 5.84. The number of benzene rings is 1. The second-order valence-corrected chi connectivity index (χ2v) is 8.58. The number of fused-ring (bicyclic) bond motifs is 3. The summed E-state index contributed by atoms with van der Waals surface area (Å²) in [5.41, 5.74) is 6.90. The molecule has 2 aliphatic rings. The summed E-state index contributed by atoms with van der Waals surface area (Å²) in [6.45, 7) is 4.64. The summed E-state index contributed by atoms with van der Waals surface area (Å²) in [6, 6.07) is 11.5. The molecular formula is C24H26N4O. The fraction of sp³-hybridized carbons (Fsp3) is 0.417. The minimum atomic E-state index is 0.705. The number of hydrogen-bond donors (Lipinski definition) is 0. The van der Waals surface area contributed by atoms with E-state index in [0.717, 1.165) is 42.8 Å². The van der Waals surface area contributed by atoms with Gasteiger partial charge in [0.05, 0.1) is 11.9 Å². The molecule has 0 radical (unpaired) electrons. The van der Waals surface area contributed by atoms with Crippen molar-refractivity contribution in [3.63, 3.8) is 0 Å². The molecule has 1 aliphatic heterocycles. The lowest BCUT2D eigenvalue weighted by atomic mass is 10.0. The molecule has 0 bridgehead atoms. The lowest BCUT2D eigenvalue weighted by molar-refractivity contribution is 0.266. The first-order chi connectivity index (χ1) is 14.3. The lowest BCUT2D eigenvalue weighted by Gasteiger charge is -2.19. The quantitative estimate of drug-likeness (QED) is 0.512. The molecule has 1 aromatic carbocycles. The summed E-state index contributed by atoms with van der Waals surface area (Å²) >= 11 is 0. The van der Waals surface area contributed by atoms with Gasteiger partial charge in [0.15, 0.2) is 5.65 Å². The van der Waals surface area contributed by atoms with Crippen LogP contribution >= 0.6 is 0 Å². The molecule has 0 amide bonds. The molecule has 0 spiro atoms. The second-order valence-electron chi connectivity index (χ2n) is 8.58. The van der Waals surface area contributed by atoms with Gasteiger partial charge in [-0.3, -0.25) is 0 Å². The molecule has 1 atom stereocenters. The van der Waals surface area contributed by atoms with Crippen molar-refractivity contribution in [1.29, 1.82) is 0 Å². The Morgan fingerprint density at radius 1 is 1.14 bits per heavy atom. The van der Waals surface area contributed by atoms with Crippen LogP contribution in [0.15, 0.2) is 40.9 Å². The molecule has 1 saturated heterocycles. The van der Waals surface area contributed by atoms with E-state index in [4.69, 9.17) is 9.40 Å². The van der Waals surface area contributed by atoms with E-state index >= 15 is 0 Å². The highest BCUT2D eigenvalue weighted by Gasteiger charge is 2.22. The number of furan rings is 1. The van der Waals surface area contributed by atoms with E-state index in [1.807, 2.05) is 16.8 Å². The van der Waals surface area contributed by atoms with Crippen molar-refractivity contribution >= 4 is 16.6 Å². The molecule has 0 N–H and O–H groups in total. The van der Waals surface area contributed by atoms with Gasteiger partial charge in [-0.15, -0.1) is 0 Å². The Bertz CT molecular complexity index is 1200. The Morgan fingerprint density at radius 2 is 2.10 bits per heavy atom. The van der Waals surface area contributed by atoms with Gasteiger partial charge < -0.3 is 9.32 Å². The van der Waals surface area contributed by atoms with Crippen LogP contribution in [0.25, 0.3) is 27.9 Å². The third-order valence-corrected chi connectivity index (χ3v) is 6.74. The van der Waals surface area contributed by atoms with E-state index in [1.54, 1.807) is 0 Å². The molecule has 1 aliphatic carbocycles. The second kappa shape index (κ2) is 6.70. The zero-order valence-corrected chi connectivity index (χ0v) is 16.9. The summed E-state index contributed by atoms with van der Waals surface area (Å²) < 4.78 is 8.16. The fourth-order valence-corrected chi connectivity index (χ4v) is 5.17. The SMILES string of the molecule is C[C@@H]1CCCN1CCc1cc2cc(-c3c4c(nc5ccnn35)CCC4)ccc2o1. The maximum Gasteiger partial charge on any atom is 0.155 e. The first kappa shape index (κ1) is 17.2. The van der Waals surface area contributed by atoms with Gasteiger partial charge >= 0.3 is 0 Å². The summed E-state index contributed by atoms with van der Waals surface area (Å²) in [4.78, 5) is 7.39. The van der Waals surface area contributed by atoms with Gasteiger partial charge in [0.1, 0.15) is 11.3 Å². The van der Waals surface area contributed by atoms with E-state index < -0.39 is 0 Å². The average molecular weight is 386 g/mol. The van der Waals surface area contributed by atoms with E-state index in [0.29, 0.717) is 6.04 Å². The van der Waals surface area contributed by atoms with Crippen LogP contribution in [0.1, 0.15) is 43.2 Å². The maximum atomic E-state index is 6.16. The Kier molecular flexibility index (Phi) is 3.98. The van der Waals surface area contributed by atoms with Crippen molar-refractivity contribution in [1.82, 2.24) is 19.5 Å². The predicted octanol–water partition coefficient (Wildman–Crippen LogP) is 4.66. The molecule has 1 fully saturated rings. The summed E-state index contributed by atoms with van der Waals surface area (Å²) in [6.07, 6.45) is 8.78. The van der Waals surface area contributed by atoms with Gasteiger partial charge in [-0.2, -0.15) is 5.10 Å². The van der Waals surface area contributed by atoms with E-state index in [9.17, 15) is 0 Å². The van der Waals surface area contributed by atoms with Gasteiger partial charge in [0.2, 0.25) is 0 Å². The number of nitrogens with zero attached hydrogens (tertiary/aromatic N) is 4. The van der Waals surface area contributed by atoms with Crippen LogP contribution in [0.2, 0.25) is 0 Å². The lowest BCUT2D eigenvalue weighted by Crippen LogP contribution is -2.28. The highest BCUT2D eigenvalue weighted by Crippen LogP contribution is 2.34. The predicted molar refractivity (Wildman–Crippen MR) is 114 cm³/mol. The minimum absolute atomic E-state index is 0.705. The molecule has 148 valence electrons. The highest BCUT2D eigenvalue weighted by atomic mass is 16.3. The first-order valence-corrected chi connectivity index (χ1v) is 10.9. The van der Waals surface area contributed by atoms with Crippen LogP contribution in [0.3, 0.4) is 0 Å². The van der Waals surface area contributed by atoms with Crippen molar-refractivity contribution in [3.8, 4) is 11.3 Å². The van der Waals surface area contributed by atoms with Crippen LogP contribution < -0.4 is 0 Å². The summed E-state index contributed by atoms with van der Waals surface area (Å²) in [7, 11) is 0. The summed E-state index contributed by atoms with van der Waals surface area (Å²) in [5, 5.41) is 5.74. The van der Waals surface area contributed by atoms with Crippen LogP contribution in [0.5, 0.6) is 0 Å². The topological polar surface area (TPSA) is 46.6 Å². The molecule has 0 saturated carbocycles. The summed E-state index contributed by atoms with van der Waals surface area (Å²) in [5.74, 6) is 1.08. The first-order valence-electron chi connectivity index (χ1n) is 10.9. The molecule has 5 nitrogen and oxygen atoms in total. The molecule has 5 heteroatoms. The standard InChI is InChI=1S/C24H26N4O/c1-16-4-3-12-27(16)13-10-19-15-18-14-17(7-8-22(18)29-19)24-20-5-2-6-21(20)26-23-9-11-25-28(23)24/h7-9,11,14-16H,2-6,10,12-13H2,1H3/t16-/m1/s1. The largest absolute Gasteiger partial charge is 0.461 e. The average Bonchev–Trinajstić information content (AvgIpc) is 3.50. The van der Waals surface area contributed by atoms with Gasteiger partial charge in [-0.1, -0.05) is 0 Å². The van der Waals surface area contributed by atoms with Crippen molar-refractivity contribution in [2.75, 3.05) is 13.1 Å². The van der Waals surface area contributed by atoms with Crippen molar-refractivity contribution in [2.24, 2.45) is 0 Å². The monoisotopic (exact) mass is 386 g/mol. The Hall–Kier alpha value is -2.66. The Morgan fingerprint density at radius 3 is 3.00 bits per heavy atom. The maximum absolute atomic E-state index is 6.16. The molecule has 6 rings (SSSR count). The normalized spacial score (nSPS) is 19.6. The van der Waals surface area contributed by atoms with Gasteiger partial charge in [0, 0.05) is 47.3 Å². The van der Waals surface area contributed by atoms with Gasteiger partial charge in [-0.25, -0.2) is 9.50 Å². The smallest absolute Gasteiger partial charge is 0.155 e. The molecular weight excluding hydrogens is 360 g/mol. The zero-order chi connectivity index (χ0) is 19.4. The molecule has 3 aromatic heterocycles. The van der Waals surface area contributed by atoms with Crippen LogP contribution in [0.4, 0.5) is 0 Å². The zero-order valence-electron chi connectivity index (χ0n) is 16.9. The van der Waals surface area contributed by atoms with Crippen LogP contribution in [-0.2, 0) is 19.3 Å². The number of aryl methyl sites for hydroxylation is 1. The third-order valence-electron chi connectivity index (χ3n) is 6.74. The van der Waals surface area contributed by atoms with Crippen LogP contribution in [0, 0.1) is 0 Å². The number of hydrogen-bond acceptors (Lipinski definition) is 4. The van der Waals surface area contributed by atoms with Crippen molar-refractivity contribution in [3.05, 3.63) is 53.5 Å². The van der Waals surface area contributed by atoms with Gasteiger partial charge in [0.25, 0.3) is 0 Å². The van der Waals surface area contributed by atoms with E-state index in [1.165, 1.54) is 53.7 Å². The Balaban J connectivity index is 1.36. The molecule has 4 aromatic rings. The number of rotatable bonds is 4.